The molecular weight excluding hydrogens is 323 g/mol. The Morgan fingerprint density at radius 2 is 1.64 bits per heavy atom. The van der Waals surface area contributed by atoms with Crippen LogP contribution in [0, 0.1) is 6.92 Å². The molecule has 2 N–H and O–H groups in total. The summed E-state index contributed by atoms with van der Waals surface area (Å²) in [5.41, 5.74) is 2.00. The van der Waals surface area contributed by atoms with E-state index in [0.29, 0.717) is 21.4 Å². The SMILES string of the molecule is Cc1ccc(Cl)cc1NC(=O)CC(=O)Nc1cccc(Cl)c1. The average molecular weight is 337 g/mol. The lowest BCUT2D eigenvalue weighted by atomic mass is 10.2. The molecule has 0 aromatic heterocycles. The van der Waals surface area contributed by atoms with E-state index in [0.717, 1.165) is 5.56 Å². The first-order valence-electron chi connectivity index (χ1n) is 6.55. The fourth-order valence-corrected chi connectivity index (χ4v) is 2.20. The van der Waals surface area contributed by atoms with Crippen LogP contribution in [0.4, 0.5) is 11.4 Å². The number of nitrogens with one attached hydrogen (secondary N) is 2. The summed E-state index contributed by atoms with van der Waals surface area (Å²) in [5.74, 6) is -0.829. The van der Waals surface area contributed by atoms with Gasteiger partial charge in [-0.25, -0.2) is 0 Å². The van der Waals surface area contributed by atoms with Gasteiger partial charge in [0, 0.05) is 21.4 Å². The van der Waals surface area contributed by atoms with E-state index in [2.05, 4.69) is 10.6 Å². The molecule has 114 valence electrons. The fourth-order valence-electron chi connectivity index (χ4n) is 1.84. The number of rotatable bonds is 4. The number of aryl methyl sites for hydroxylation is 1. The van der Waals surface area contributed by atoms with Crippen molar-refractivity contribution in [1.29, 1.82) is 0 Å². The molecule has 0 fully saturated rings. The lowest BCUT2D eigenvalue weighted by molar-refractivity contribution is -0.123. The standard InChI is InChI=1S/C16H14Cl2N2O2/c1-10-5-6-12(18)8-14(10)20-16(22)9-15(21)19-13-4-2-3-11(17)7-13/h2-8H,9H2,1H3,(H,19,21)(H,20,22). The van der Waals surface area contributed by atoms with E-state index < -0.39 is 11.8 Å². The van der Waals surface area contributed by atoms with E-state index in [4.69, 9.17) is 23.2 Å². The predicted octanol–water partition coefficient (Wildman–Crippen LogP) is 4.27. The molecule has 0 spiro atoms. The number of halogens is 2. The molecule has 0 unspecified atom stereocenters. The summed E-state index contributed by atoms with van der Waals surface area (Å²) < 4.78 is 0. The van der Waals surface area contributed by atoms with E-state index in [1.54, 1.807) is 42.5 Å². The molecule has 0 saturated carbocycles. The summed E-state index contributed by atoms with van der Waals surface area (Å²) in [5, 5.41) is 6.31. The Bertz CT molecular complexity index is 717. The zero-order chi connectivity index (χ0) is 16.1. The molecule has 0 bridgehead atoms. The quantitative estimate of drug-likeness (QED) is 0.819. The summed E-state index contributed by atoms with van der Waals surface area (Å²) in [7, 11) is 0. The molecule has 6 heteroatoms. The minimum absolute atomic E-state index is 0.293. The molecule has 2 aromatic carbocycles. The first-order valence-corrected chi connectivity index (χ1v) is 7.31. The van der Waals surface area contributed by atoms with E-state index in [-0.39, 0.29) is 6.42 Å². The van der Waals surface area contributed by atoms with Crippen LogP contribution in [0.1, 0.15) is 12.0 Å². The summed E-state index contributed by atoms with van der Waals surface area (Å²) in [6, 6.07) is 11.9. The largest absolute Gasteiger partial charge is 0.326 e. The Morgan fingerprint density at radius 1 is 0.955 bits per heavy atom. The third-order valence-corrected chi connectivity index (χ3v) is 3.37. The topological polar surface area (TPSA) is 58.2 Å². The highest BCUT2D eigenvalue weighted by Gasteiger charge is 2.11. The van der Waals surface area contributed by atoms with Crippen LogP contribution in [0.25, 0.3) is 0 Å². The molecule has 2 rings (SSSR count). The highest BCUT2D eigenvalue weighted by atomic mass is 35.5. The Hall–Kier alpha value is -2.04. The lowest BCUT2D eigenvalue weighted by Crippen LogP contribution is -2.21. The van der Waals surface area contributed by atoms with Gasteiger partial charge in [-0.2, -0.15) is 0 Å². The predicted molar refractivity (Wildman–Crippen MR) is 89.5 cm³/mol. The van der Waals surface area contributed by atoms with E-state index >= 15 is 0 Å². The summed E-state index contributed by atoms with van der Waals surface area (Å²) >= 11 is 11.7. The smallest absolute Gasteiger partial charge is 0.233 e. The normalized spacial score (nSPS) is 10.1. The number of amides is 2. The van der Waals surface area contributed by atoms with Gasteiger partial charge in [-0.05, 0) is 42.8 Å². The molecule has 0 aliphatic carbocycles. The third-order valence-electron chi connectivity index (χ3n) is 2.90. The van der Waals surface area contributed by atoms with Crippen molar-refractivity contribution in [3.8, 4) is 0 Å². The number of carbonyl (C=O) groups excluding carboxylic acids is 2. The Kier molecular flexibility index (Phi) is 5.41. The van der Waals surface area contributed by atoms with Crippen LogP contribution in [0.5, 0.6) is 0 Å². The van der Waals surface area contributed by atoms with Gasteiger partial charge in [-0.15, -0.1) is 0 Å². The van der Waals surface area contributed by atoms with Crippen LogP contribution < -0.4 is 10.6 Å². The minimum Gasteiger partial charge on any atom is -0.326 e. The molecule has 0 aliphatic rings. The van der Waals surface area contributed by atoms with Gasteiger partial charge >= 0.3 is 0 Å². The fraction of sp³-hybridized carbons (Fsp3) is 0.125. The van der Waals surface area contributed by atoms with Gasteiger partial charge in [0.05, 0.1) is 0 Å². The lowest BCUT2D eigenvalue weighted by Gasteiger charge is -2.09. The average Bonchev–Trinajstić information content (AvgIpc) is 2.42. The molecule has 0 saturated heterocycles. The van der Waals surface area contributed by atoms with Gasteiger partial charge in [0.15, 0.2) is 0 Å². The molecule has 0 heterocycles. The number of carbonyl (C=O) groups is 2. The molecule has 22 heavy (non-hydrogen) atoms. The molecule has 0 aliphatic heterocycles. The van der Waals surface area contributed by atoms with Crippen LogP contribution in [0.3, 0.4) is 0 Å². The van der Waals surface area contributed by atoms with Gasteiger partial charge in [0.2, 0.25) is 11.8 Å². The van der Waals surface area contributed by atoms with Crippen molar-refractivity contribution in [2.45, 2.75) is 13.3 Å². The van der Waals surface area contributed by atoms with Gasteiger partial charge in [-0.3, -0.25) is 9.59 Å². The van der Waals surface area contributed by atoms with Gasteiger partial charge in [0.1, 0.15) is 6.42 Å². The van der Waals surface area contributed by atoms with Crippen molar-refractivity contribution in [2.24, 2.45) is 0 Å². The van der Waals surface area contributed by atoms with Crippen LogP contribution in [0.15, 0.2) is 42.5 Å². The first-order chi connectivity index (χ1) is 10.4. The van der Waals surface area contributed by atoms with Crippen molar-refractivity contribution >= 4 is 46.4 Å². The molecule has 0 atom stereocenters. The zero-order valence-corrected chi connectivity index (χ0v) is 13.3. The second-order valence-corrected chi connectivity index (χ2v) is 5.62. The molecule has 0 radical (unpaired) electrons. The van der Waals surface area contributed by atoms with Gasteiger partial charge < -0.3 is 10.6 Å². The first kappa shape index (κ1) is 16.3. The summed E-state index contributed by atoms with van der Waals surface area (Å²) in [4.78, 5) is 23.7. The summed E-state index contributed by atoms with van der Waals surface area (Å²) in [6.45, 7) is 1.85. The minimum atomic E-state index is -0.417. The molecule has 2 amide bonds. The van der Waals surface area contributed by atoms with Crippen molar-refractivity contribution in [1.82, 2.24) is 0 Å². The summed E-state index contributed by atoms with van der Waals surface area (Å²) in [6.07, 6.45) is -0.293. The van der Waals surface area contributed by atoms with Gasteiger partial charge in [-0.1, -0.05) is 35.3 Å². The van der Waals surface area contributed by atoms with Crippen LogP contribution in [-0.2, 0) is 9.59 Å². The van der Waals surface area contributed by atoms with Gasteiger partial charge in [0.25, 0.3) is 0 Å². The maximum atomic E-state index is 11.9. The van der Waals surface area contributed by atoms with Crippen LogP contribution in [-0.4, -0.2) is 11.8 Å². The second kappa shape index (κ2) is 7.29. The van der Waals surface area contributed by atoms with Crippen LogP contribution in [0.2, 0.25) is 10.0 Å². The van der Waals surface area contributed by atoms with Crippen molar-refractivity contribution in [3.05, 3.63) is 58.1 Å². The third kappa shape index (κ3) is 4.76. The van der Waals surface area contributed by atoms with Crippen molar-refractivity contribution < 1.29 is 9.59 Å². The molecule has 4 nitrogen and oxygen atoms in total. The Morgan fingerprint density at radius 3 is 2.36 bits per heavy atom. The van der Waals surface area contributed by atoms with Crippen molar-refractivity contribution in [3.63, 3.8) is 0 Å². The van der Waals surface area contributed by atoms with E-state index in [9.17, 15) is 9.59 Å². The Balaban J connectivity index is 1.94. The number of hydrogen-bond donors (Lipinski definition) is 2. The molecule has 2 aromatic rings. The van der Waals surface area contributed by atoms with E-state index in [1.165, 1.54) is 0 Å². The second-order valence-electron chi connectivity index (χ2n) is 4.74. The highest BCUT2D eigenvalue weighted by Crippen LogP contribution is 2.20. The maximum absolute atomic E-state index is 11.9. The van der Waals surface area contributed by atoms with Crippen LogP contribution >= 0.6 is 23.2 Å². The number of hydrogen-bond acceptors (Lipinski definition) is 2. The highest BCUT2D eigenvalue weighted by molar-refractivity contribution is 6.31. The Labute approximate surface area is 138 Å². The number of benzene rings is 2. The molecular formula is C16H14Cl2N2O2. The maximum Gasteiger partial charge on any atom is 0.233 e. The van der Waals surface area contributed by atoms with Crippen molar-refractivity contribution in [2.75, 3.05) is 10.6 Å². The zero-order valence-electron chi connectivity index (χ0n) is 11.8. The van der Waals surface area contributed by atoms with E-state index in [1.807, 2.05) is 6.92 Å². The monoisotopic (exact) mass is 336 g/mol. The number of anilines is 2.